The Morgan fingerprint density at radius 2 is 1.83 bits per heavy atom. The number of carbonyl (C=O) groups excluding carboxylic acids is 3. The first-order valence-corrected chi connectivity index (χ1v) is 12.2. The maximum Gasteiger partial charge on any atom is 0.306 e. The van der Waals surface area contributed by atoms with E-state index in [-0.39, 0.29) is 38.5 Å². The second kappa shape index (κ2) is 6.45. The molecule has 0 N–H and O–H groups in total. The quantitative estimate of drug-likeness (QED) is 0.572. The summed E-state index contributed by atoms with van der Waals surface area (Å²) in [4.78, 5) is 36.4. The zero-order chi connectivity index (χ0) is 20.6. The summed E-state index contributed by atoms with van der Waals surface area (Å²) in [5, 5.41) is 0.409. The molecule has 4 fully saturated rings. The summed E-state index contributed by atoms with van der Waals surface area (Å²) >= 11 is 1.50. The van der Waals surface area contributed by atoms with Gasteiger partial charge in [-0.15, -0.1) is 0 Å². The van der Waals surface area contributed by atoms with Crippen molar-refractivity contribution in [2.24, 2.45) is 28.6 Å². The molecule has 0 bridgehead atoms. The third kappa shape index (κ3) is 2.68. The van der Waals surface area contributed by atoms with Crippen molar-refractivity contribution in [1.29, 1.82) is 0 Å². The Morgan fingerprint density at radius 3 is 2.52 bits per heavy atom. The van der Waals surface area contributed by atoms with Crippen molar-refractivity contribution >= 4 is 28.6 Å². The number of esters is 1. The molecule has 29 heavy (non-hydrogen) atoms. The molecule has 4 nitrogen and oxygen atoms in total. The van der Waals surface area contributed by atoms with Gasteiger partial charge in [0, 0.05) is 30.4 Å². The van der Waals surface area contributed by atoms with Crippen LogP contribution in [0.1, 0.15) is 78.6 Å². The molecule has 5 heteroatoms. The first-order valence-electron chi connectivity index (χ1n) is 11.3. The molecule has 3 saturated carbocycles. The number of thioether (sulfide) groups is 1. The van der Waals surface area contributed by atoms with Crippen molar-refractivity contribution in [3.63, 3.8) is 0 Å². The van der Waals surface area contributed by atoms with E-state index in [4.69, 9.17) is 4.74 Å². The Balaban J connectivity index is 1.56. The van der Waals surface area contributed by atoms with Crippen molar-refractivity contribution in [2.75, 3.05) is 0 Å². The van der Waals surface area contributed by atoms with Crippen LogP contribution in [-0.4, -0.2) is 27.7 Å². The van der Waals surface area contributed by atoms with Gasteiger partial charge in [0.25, 0.3) is 0 Å². The molecule has 5 aliphatic rings. The third-order valence-corrected chi connectivity index (χ3v) is 10.7. The number of hydrogen-bond donors (Lipinski definition) is 0. The fourth-order valence-corrected chi connectivity index (χ4v) is 9.36. The lowest BCUT2D eigenvalue weighted by Crippen LogP contribution is -2.57. The Bertz CT molecular complexity index is 818. The predicted molar refractivity (Wildman–Crippen MR) is 112 cm³/mol. The highest BCUT2D eigenvalue weighted by molar-refractivity contribution is 8.14. The highest BCUT2D eigenvalue weighted by Crippen LogP contribution is 2.70. The van der Waals surface area contributed by atoms with Crippen molar-refractivity contribution in [3.8, 4) is 0 Å². The van der Waals surface area contributed by atoms with Crippen LogP contribution in [0.3, 0.4) is 0 Å². The summed E-state index contributed by atoms with van der Waals surface area (Å²) in [7, 11) is 0. The smallest absolute Gasteiger partial charge is 0.306 e. The van der Waals surface area contributed by atoms with Gasteiger partial charge in [0.05, 0.1) is 0 Å². The summed E-state index contributed by atoms with van der Waals surface area (Å²) in [6, 6.07) is 0. The van der Waals surface area contributed by atoms with E-state index in [1.54, 1.807) is 6.92 Å². The van der Waals surface area contributed by atoms with Gasteiger partial charge in [0.1, 0.15) is 5.60 Å². The van der Waals surface area contributed by atoms with Gasteiger partial charge in [-0.05, 0) is 74.2 Å². The molecule has 5 rings (SSSR count). The molecule has 7 atom stereocenters. The number of ketones is 1. The standard InChI is InChI=1S/C24H32O4S/c1-14(25)29-19-13-15-12-16(26)4-8-22(15,2)17-5-9-23(3)18(21(17)19)6-10-24(23)11-7-20(27)28-24/h12,17-19,21H,4-11,13H2,1-3H3/t17-,18-,19+,21+,22-,23+,24+/m0/s1. The minimum atomic E-state index is -0.287. The molecular formula is C24H32O4S. The number of allylic oxidation sites excluding steroid dienone is 1. The van der Waals surface area contributed by atoms with E-state index in [2.05, 4.69) is 13.8 Å². The van der Waals surface area contributed by atoms with E-state index in [0.29, 0.717) is 30.6 Å². The molecule has 0 aromatic carbocycles. The van der Waals surface area contributed by atoms with Crippen LogP contribution in [0.5, 0.6) is 0 Å². The molecule has 1 aliphatic heterocycles. The van der Waals surface area contributed by atoms with Crippen LogP contribution >= 0.6 is 11.8 Å². The van der Waals surface area contributed by atoms with E-state index < -0.39 is 0 Å². The van der Waals surface area contributed by atoms with E-state index in [9.17, 15) is 14.4 Å². The minimum Gasteiger partial charge on any atom is -0.458 e. The summed E-state index contributed by atoms with van der Waals surface area (Å²) in [5.41, 5.74) is 1.09. The van der Waals surface area contributed by atoms with E-state index >= 15 is 0 Å². The van der Waals surface area contributed by atoms with Crippen LogP contribution in [-0.2, 0) is 19.1 Å². The van der Waals surface area contributed by atoms with Gasteiger partial charge in [-0.3, -0.25) is 14.4 Å². The molecule has 0 radical (unpaired) electrons. The van der Waals surface area contributed by atoms with Gasteiger partial charge in [0.15, 0.2) is 10.9 Å². The lowest BCUT2D eigenvalue weighted by atomic mass is 9.46. The summed E-state index contributed by atoms with van der Waals surface area (Å²) in [6.45, 7) is 6.42. The molecule has 158 valence electrons. The normalized spacial score (nSPS) is 48.6. The molecule has 1 spiro atoms. The molecule has 0 amide bonds. The second-order valence-electron chi connectivity index (χ2n) is 10.7. The van der Waals surface area contributed by atoms with Gasteiger partial charge in [0.2, 0.25) is 0 Å². The van der Waals surface area contributed by atoms with Gasteiger partial charge in [-0.1, -0.05) is 31.2 Å². The first kappa shape index (κ1) is 19.8. The predicted octanol–water partition coefficient (Wildman–Crippen LogP) is 4.85. The molecule has 1 saturated heterocycles. The zero-order valence-corrected chi connectivity index (χ0v) is 18.6. The Labute approximate surface area is 177 Å². The van der Waals surface area contributed by atoms with Crippen molar-refractivity contribution in [3.05, 3.63) is 11.6 Å². The average Bonchev–Trinajstić information content (AvgIpc) is 3.17. The van der Waals surface area contributed by atoms with Gasteiger partial charge in [-0.25, -0.2) is 0 Å². The average molecular weight is 417 g/mol. The highest BCUT2D eigenvalue weighted by Gasteiger charge is 2.68. The Hall–Kier alpha value is -1.10. The Kier molecular flexibility index (Phi) is 4.41. The SMILES string of the molecule is CC(=O)S[C@@H]1CC2=CC(=O)CC[C@]2(C)[C@H]2CC[C@]3(C)[C@@H](CC[C@@]34CCC(=O)O4)[C@H]12. The van der Waals surface area contributed by atoms with Gasteiger partial charge < -0.3 is 4.74 Å². The fraction of sp³-hybridized carbons (Fsp3) is 0.792. The topological polar surface area (TPSA) is 60.4 Å². The summed E-state index contributed by atoms with van der Waals surface area (Å²) in [6.07, 6.45) is 10.0. The monoisotopic (exact) mass is 416 g/mol. The largest absolute Gasteiger partial charge is 0.458 e. The maximum atomic E-state index is 12.2. The fourth-order valence-electron chi connectivity index (χ4n) is 8.13. The van der Waals surface area contributed by atoms with E-state index in [1.165, 1.54) is 17.3 Å². The lowest BCUT2D eigenvalue weighted by Gasteiger charge is -2.61. The van der Waals surface area contributed by atoms with Gasteiger partial charge >= 0.3 is 5.97 Å². The number of carbonyl (C=O) groups is 3. The number of ether oxygens (including phenoxy) is 1. The molecule has 1 heterocycles. The van der Waals surface area contributed by atoms with E-state index in [0.717, 1.165) is 44.9 Å². The summed E-state index contributed by atoms with van der Waals surface area (Å²) in [5.74, 6) is 1.67. The highest BCUT2D eigenvalue weighted by atomic mass is 32.2. The minimum absolute atomic E-state index is 0.0119. The molecule has 0 aromatic heterocycles. The van der Waals surface area contributed by atoms with Crippen LogP contribution in [0.2, 0.25) is 0 Å². The number of hydrogen-bond acceptors (Lipinski definition) is 5. The van der Waals surface area contributed by atoms with Crippen LogP contribution in [0.25, 0.3) is 0 Å². The van der Waals surface area contributed by atoms with E-state index in [1.807, 2.05) is 6.08 Å². The molecule has 0 aromatic rings. The van der Waals surface area contributed by atoms with Gasteiger partial charge in [-0.2, -0.15) is 0 Å². The van der Waals surface area contributed by atoms with Crippen LogP contribution in [0.15, 0.2) is 11.6 Å². The molecule has 4 aliphatic carbocycles. The second-order valence-corrected chi connectivity index (χ2v) is 12.1. The number of rotatable bonds is 1. The maximum absolute atomic E-state index is 12.2. The summed E-state index contributed by atoms with van der Waals surface area (Å²) < 4.78 is 6.06. The molecule has 0 unspecified atom stereocenters. The van der Waals surface area contributed by atoms with Crippen LogP contribution in [0, 0.1) is 28.6 Å². The molecular weight excluding hydrogens is 384 g/mol. The van der Waals surface area contributed by atoms with Crippen molar-refractivity contribution in [2.45, 2.75) is 89.4 Å². The van der Waals surface area contributed by atoms with Crippen LogP contribution < -0.4 is 0 Å². The Morgan fingerprint density at radius 1 is 1.07 bits per heavy atom. The zero-order valence-electron chi connectivity index (χ0n) is 17.8. The van der Waals surface area contributed by atoms with Crippen molar-refractivity contribution < 1.29 is 19.1 Å². The van der Waals surface area contributed by atoms with Crippen molar-refractivity contribution in [1.82, 2.24) is 0 Å². The first-order chi connectivity index (χ1) is 13.7. The third-order valence-electron chi connectivity index (χ3n) is 9.61. The van der Waals surface area contributed by atoms with Crippen LogP contribution in [0.4, 0.5) is 0 Å². The lowest BCUT2D eigenvalue weighted by molar-refractivity contribution is -0.167. The number of fused-ring (bicyclic) bond motifs is 6.